The first-order valence-electron chi connectivity index (χ1n) is 12.2. The molecule has 0 aromatic carbocycles. The lowest BCUT2D eigenvalue weighted by molar-refractivity contribution is 0.00578. The summed E-state index contributed by atoms with van der Waals surface area (Å²) in [4.78, 5) is 23.1. The molecule has 40 heavy (non-hydrogen) atoms. The molecule has 0 saturated carbocycles. The molecule has 3 aromatic rings. The molecule has 1 aliphatic heterocycles. The summed E-state index contributed by atoms with van der Waals surface area (Å²) in [5.74, 6) is 0.395. The van der Waals surface area contributed by atoms with Crippen molar-refractivity contribution < 1.29 is 9.31 Å². The average Bonchev–Trinajstić information content (AvgIpc) is 3.07. The van der Waals surface area contributed by atoms with Gasteiger partial charge in [0.2, 0.25) is 0 Å². The fraction of sp³-hybridized carbons (Fsp3) is 0.407. The van der Waals surface area contributed by atoms with Crippen LogP contribution in [0.4, 0.5) is 0 Å². The number of aromatic nitrogens is 6. The maximum atomic E-state index is 5.70. The topological polar surface area (TPSA) is 95.8 Å². The van der Waals surface area contributed by atoms with E-state index in [2.05, 4.69) is 56.9 Å². The number of rotatable bonds is 3. The fourth-order valence-corrected chi connectivity index (χ4v) is 3.19. The van der Waals surface area contributed by atoms with E-state index < -0.39 is 0 Å². The summed E-state index contributed by atoms with van der Waals surface area (Å²) in [6, 6.07) is 0. The Kier molecular flexibility index (Phi) is 14.7. The maximum Gasteiger partial charge on any atom is 0.489 e. The van der Waals surface area contributed by atoms with Crippen LogP contribution in [0.1, 0.15) is 72.7 Å². The van der Waals surface area contributed by atoms with Gasteiger partial charge in [0.15, 0.2) is 0 Å². The lowest BCUT2D eigenvalue weighted by Crippen LogP contribution is -2.41. The van der Waals surface area contributed by atoms with E-state index in [1.165, 1.54) is 24.8 Å². The lowest BCUT2D eigenvalue weighted by Gasteiger charge is -2.32. The quantitative estimate of drug-likeness (QED) is 0.267. The number of hydrogen-bond acceptors (Lipinski definition) is 8. The Balaban J connectivity index is 0.000000269. The number of halogens is 4. The molecule has 8 nitrogen and oxygen atoms in total. The van der Waals surface area contributed by atoms with Crippen LogP contribution in [0.2, 0.25) is 20.6 Å². The Morgan fingerprint density at radius 1 is 0.700 bits per heavy atom. The summed E-state index contributed by atoms with van der Waals surface area (Å²) in [5.41, 5.74) is 3.00. The molecule has 0 bridgehead atoms. The van der Waals surface area contributed by atoms with Crippen LogP contribution in [-0.2, 0) is 9.31 Å². The van der Waals surface area contributed by atoms with E-state index in [-0.39, 0.29) is 18.3 Å². The van der Waals surface area contributed by atoms with Crippen molar-refractivity contribution in [3.63, 3.8) is 0 Å². The van der Waals surface area contributed by atoms with Gasteiger partial charge in [-0.25, -0.2) is 15.0 Å². The molecule has 0 aliphatic carbocycles. The second-order valence-electron chi connectivity index (χ2n) is 10.0. The summed E-state index contributed by atoms with van der Waals surface area (Å²) in [7, 11) is -0.241. The van der Waals surface area contributed by atoms with Crippen molar-refractivity contribution in [3.8, 4) is 0 Å². The molecule has 13 heteroatoms. The van der Waals surface area contributed by atoms with E-state index in [1.54, 1.807) is 12.4 Å². The molecule has 0 atom stereocenters. The van der Waals surface area contributed by atoms with Crippen LogP contribution in [-0.4, -0.2) is 48.2 Å². The van der Waals surface area contributed by atoms with Crippen LogP contribution in [0, 0.1) is 0 Å². The van der Waals surface area contributed by atoms with Crippen LogP contribution < -0.4 is 0 Å². The zero-order valence-corrected chi connectivity index (χ0v) is 27.1. The van der Waals surface area contributed by atoms with E-state index in [0.717, 1.165) is 22.4 Å². The molecular weight excluding hydrogens is 593 g/mol. The van der Waals surface area contributed by atoms with E-state index >= 15 is 0 Å². The van der Waals surface area contributed by atoms with E-state index in [9.17, 15) is 0 Å². The SMILES string of the molecule is C=C(C)B1OC(C)(C)C(C)(C)O1.C=C(C)c1cncc(Cl)n1.CC(C)c1cncc(Cl)n1.Clc1cncc(Cl)n1. The molecule has 0 amide bonds. The van der Waals surface area contributed by atoms with Crippen LogP contribution in [0.3, 0.4) is 0 Å². The van der Waals surface area contributed by atoms with Gasteiger partial charge in [0.05, 0.1) is 53.6 Å². The minimum absolute atomic E-state index is 0.239. The normalized spacial score (nSPS) is 14.6. The minimum Gasteiger partial charge on any atom is -0.400 e. The van der Waals surface area contributed by atoms with Crippen molar-refractivity contribution in [1.29, 1.82) is 0 Å². The van der Waals surface area contributed by atoms with Gasteiger partial charge in [0.25, 0.3) is 0 Å². The van der Waals surface area contributed by atoms with Gasteiger partial charge in [-0.2, -0.15) is 0 Å². The molecule has 0 unspecified atom stereocenters. The van der Waals surface area contributed by atoms with Gasteiger partial charge in [-0.05, 0) is 53.0 Å². The van der Waals surface area contributed by atoms with Crippen molar-refractivity contribution >= 4 is 59.1 Å². The van der Waals surface area contributed by atoms with Gasteiger partial charge in [0, 0.05) is 6.20 Å². The largest absolute Gasteiger partial charge is 0.489 e. The third-order valence-corrected chi connectivity index (χ3v) is 6.22. The van der Waals surface area contributed by atoms with Gasteiger partial charge in [0.1, 0.15) is 20.6 Å². The summed E-state index contributed by atoms with van der Waals surface area (Å²) < 4.78 is 11.4. The first-order valence-corrected chi connectivity index (χ1v) is 13.7. The van der Waals surface area contributed by atoms with E-state index in [4.69, 9.17) is 55.7 Å². The van der Waals surface area contributed by atoms with Crippen molar-refractivity contribution in [2.75, 3.05) is 0 Å². The first-order chi connectivity index (χ1) is 18.4. The van der Waals surface area contributed by atoms with Crippen LogP contribution >= 0.6 is 46.4 Å². The second-order valence-corrected chi connectivity index (χ2v) is 11.6. The molecule has 1 fully saturated rings. The molecular formula is C27H35BCl4N6O2. The summed E-state index contributed by atoms with van der Waals surface area (Å²) in [6.07, 6.45) is 9.24. The third kappa shape index (κ3) is 12.6. The molecule has 0 spiro atoms. The highest BCUT2D eigenvalue weighted by Gasteiger charge is 2.51. The number of nitrogens with zero attached hydrogens (tertiary/aromatic N) is 6. The average molecular weight is 628 g/mol. The van der Waals surface area contributed by atoms with Gasteiger partial charge in [-0.3, -0.25) is 15.0 Å². The summed E-state index contributed by atoms with van der Waals surface area (Å²) in [6.45, 7) is 23.6. The van der Waals surface area contributed by atoms with Crippen LogP contribution in [0.15, 0.2) is 55.8 Å². The number of hydrogen-bond donors (Lipinski definition) is 0. The standard InChI is InChI=1S/C9H17BO2.C7H9ClN2.C7H7ClN2.C4H2Cl2N2/c1-7(2)10-11-8(3,4)9(5,6)12-10;2*1-5(2)6-3-9-4-7(8)10-6;5-3-1-7-2-4(6)8-3/h1H2,2-6H3;3-5H,1-2H3;3-4H,1H2,2H3;1-2H. The molecule has 216 valence electrons. The Labute approximate surface area is 257 Å². The zero-order valence-electron chi connectivity index (χ0n) is 24.0. The lowest BCUT2D eigenvalue weighted by atomic mass is 9.81. The first kappa shape index (κ1) is 35.9. The molecule has 0 radical (unpaired) electrons. The summed E-state index contributed by atoms with van der Waals surface area (Å²) >= 11 is 22.0. The Hall–Kier alpha value is -2.14. The smallest absolute Gasteiger partial charge is 0.400 e. The summed E-state index contributed by atoms with van der Waals surface area (Å²) in [5, 5.41) is 1.50. The van der Waals surface area contributed by atoms with Crippen molar-refractivity contribution in [1.82, 2.24) is 29.9 Å². The predicted molar refractivity (Wildman–Crippen MR) is 166 cm³/mol. The Morgan fingerprint density at radius 3 is 1.35 bits per heavy atom. The fourth-order valence-electron chi connectivity index (χ4n) is 2.55. The van der Waals surface area contributed by atoms with Crippen LogP contribution in [0.25, 0.3) is 5.57 Å². The van der Waals surface area contributed by atoms with Crippen LogP contribution in [0.5, 0.6) is 0 Å². The molecule has 4 rings (SSSR count). The highest BCUT2D eigenvalue weighted by Crippen LogP contribution is 2.38. The van der Waals surface area contributed by atoms with E-state index in [0.29, 0.717) is 26.5 Å². The maximum absolute atomic E-state index is 5.70. The van der Waals surface area contributed by atoms with Crippen molar-refractivity contribution in [3.05, 3.63) is 87.8 Å². The van der Waals surface area contributed by atoms with Gasteiger partial charge in [-0.15, -0.1) is 6.58 Å². The molecule has 1 saturated heterocycles. The zero-order chi connectivity index (χ0) is 30.7. The molecule has 0 N–H and O–H groups in total. The predicted octanol–water partition coefficient (Wildman–Crippen LogP) is 8.39. The van der Waals surface area contributed by atoms with E-state index in [1.807, 2.05) is 41.5 Å². The van der Waals surface area contributed by atoms with Gasteiger partial charge in [-0.1, -0.05) is 72.3 Å². The Morgan fingerprint density at radius 2 is 1.10 bits per heavy atom. The van der Waals surface area contributed by atoms with Crippen molar-refractivity contribution in [2.45, 2.75) is 72.5 Å². The Bertz CT molecular complexity index is 1240. The second kappa shape index (κ2) is 16.3. The number of allylic oxidation sites excluding steroid dienone is 2. The third-order valence-electron chi connectivity index (χ3n) is 5.49. The van der Waals surface area contributed by atoms with Gasteiger partial charge >= 0.3 is 7.12 Å². The molecule has 1 aliphatic rings. The highest BCUT2D eigenvalue weighted by atomic mass is 35.5. The minimum atomic E-state index is -0.241. The van der Waals surface area contributed by atoms with Crippen molar-refractivity contribution in [2.24, 2.45) is 0 Å². The molecule has 3 aromatic heterocycles. The monoisotopic (exact) mass is 626 g/mol. The molecule has 4 heterocycles. The van der Waals surface area contributed by atoms with Gasteiger partial charge < -0.3 is 9.31 Å². The highest BCUT2D eigenvalue weighted by molar-refractivity contribution is 6.54.